The van der Waals surface area contributed by atoms with Crippen molar-refractivity contribution >= 4 is 17.9 Å². The first-order valence-electron chi connectivity index (χ1n) is 8.47. The van der Waals surface area contributed by atoms with E-state index in [0.29, 0.717) is 6.42 Å². The molecule has 1 aliphatic carbocycles. The van der Waals surface area contributed by atoms with Crippen LogP contribution in [0.25, 0.3) is 0 Å². The molecule has 3 atom stereocenters. The lowest BCUT2D eigenvalue weighted by Gasteiger charge is -2.32. The quantitative estimate of drug-likeness (QED) is 0.503. The first-order valence-corrected chi connectivity index (χ1v) is 8.47. The topological polar surface area (TPSA) is 78.9 Å². The molecule has 0 spiro atoms. The molecule has 3 unspecified atom stereocenters. The predicted molar refractivity (Wildman–Crippen MR) is 83.5 cm³/mol. The summed E-state index contributed by atoms with van der Waals surface area (Å²) in [7, 11) is 0. The summed E-state index contributed by atoms with van der Waals surface area (Å²) in [6.45, 7) is 5.42. The van der Waals surface area contributed by atoms with E-state index in [-0.39, 0.29) is 43.6 Å². The monoisotopic (exact) mass is 328 g/mol. The van der Waals surface area contributed by atoms with E-state index in [9.17, 15) is 14.4 Å². The van der Waals surface area contributed by atoms with Gasteiger partial charge in [0.15, 0.2) is 0 Å². The molecule has 1 fully saturated rings. The molecule has 0 heterocycles. The van der Waals surface area contributed by atoms with Gasteiger partial charge in [0.2, 0.25) is 0 Å². The Morgan fingerprint density at radius 3 is 2.30 bits per heavy atom. The molecule has 132 valence electrons. The Morgan fingerprint density at radius 2 is 1.70 bits per heavy atom. The van der Waals surface area contributed by atoms with Crippen LogP contribution in [-0.4, -0.2) is 37.2 Å². The Bertz CT molecular complexity index is 406. The van der Waals surface area contributed by atoms with Crippen LogP contribution in [0.15, 0.2) is 0 Å². The highest BCUT2D eigenvalue weighted by Gasteiger charge is 2.34. The van der Waals surface area contributed by atoms with E-state index in [0.717, 1.165) is 25.7 Å². The summed E-state index contributed by atoms with van der Waals surface area (Å²) >= 11 is 0. The molecule has 23 heavy (non-hydrogen) atoms. The fourth-order valence-electron chi connectivity index (χ4n) is 3.12. The van der Waals surface area contributed by atoms with Gasteiger partial charge < -0.3 is 14.2 Å². The zero-order valence-corrected chi connectivity index (χ0v) is 14.3. The second kappa shape index (κ2) is 10.2. The Hall–Kier alpha value is -1.59. The van der Waals surface area contributed by atoms with Crippen LogP contribution in [0.4, 0.5) is 0 Å². The Labute approximate surface area is 137 Å². The Kier molecular flexibility index (Phi) is 8.66. The molecule has 1 aliphatic rings. The molecular formula is C17H28O6. The van der Waals surface area contributed by atoms with Gasteiger partial charge >= 0.3 is 17.9 Å². The van der Waals surface area contributed by atoms with Gasteiger partial charge in [0, 0.05) is 6.92 Å². The van der Waals surface area contributed by atoms with E-state index < -0.39 is 11.9 Å². The molecule has 0 N–H and O–H groups in total. The number of carbonyl (C=O) groups excluding carboxylic acids is 3. The summed E-state index contributed by atoms with van der Waals surface area (Å²) in [5.41, 5.74) is 0. The molecule has 0 aromatic heterocycles. The van der Waals surface area contributed by atoms with E-state index in [4.69, 9.17) is 14.2 Å². The van der Waals surface area contributed by atoms with Gasteiger partial charge in [0.25, 0.3) is 0 Å². The number of hydrogen-bond acceptors (Lipinski definition) is 6. The molecule has 0 aromatic carbocycles. The summed E-state index contributed by atoms with van der Waals surface area (Å²) in [5, 5.41) is 0. The minimum atomic E-state index is -0.546. The Morgan fingerprint density at radius 1 is 1.04 bits per heavy atom. The van der Waals surface area contributed by atoms with Crippen molar-refractivity contribution in [1.82, 2.24) is 0 Å². The van der Waals surface area contributed by atoms with E-state index >= 15 is 0 Å². The van der Waals surface area contributed by atoms with Gasteiger partial charge in [-0.25, -0.2) is 0 Å². The average molecular weight is 328 g/mol. The smallest absolute Gasteiger partial charge is 0.309 e. The molecule has 6 heteroatoms. The number of hydrogen-bond donors (Lipinski definition) is 0. The first-order chi connectivity index (χ1) is 11.0. The van der Waals surface area contributed by atoms with E-state index in [1.807, 2.05) is 0 Å². The number of carbonyl (C=O) groups is 3. The third kappa shape index (κ3) is 7.01. The summed E-state index contributed by atoms with van der Waals surface area (Å²) in [6.07, 6.45) is 4.05. The van der Waals surface area contributed by atoms with Crippen LogP contribution in [0.5, 0.6) is 0 Å². The highest BCUT2D eigenvalue weighted by Crippen LogP contribution is 2.33. The Balaban J connectivity index is 2.73. The molecule has 0 radical (unpaired) electrons. The lowest BCUT2D eigenvalue weighted by molar-refractivity contribution is -0.158. The minimum Gasteiger partial charge on any atom is -0.466 e. The maximum absolute atomic E-state index is 12.1. The third-order valence-corrected chi connectivity index (χ3v) is 4.08. The van der Waals surface area contributed by atoms with Crippen molar-refractivity contribution in [3.05, 3.63) is 0 Å². The average Bonchev–Trinajstić information content (AvgIpc) is 2.48. The largest absolute Gasteiger partial charge is 0.466 e. The maximum atomic E-state index is 12.1. The van der Waals surface area contributed by atoms with Crippen molar-refractivity contribution in [2.75, 3.05) is 13.2 Å². The van der Waals surface area contributed by atoms with E-state index in [1.54, 1.807) is 13.8 Å². The first kappa shape index (κ1) is 19.5. The van der Waals surface area contributed by atoms with Gasteiger partial charge in [0.05, 0.1) is 25.6 Å². The van der Waals surface area contributed by atoms with Gasteiger partial charge in [0.1, 0.15) is 6.10 Å². The fraction of sp³-hybridized carbons (Fsp3) is 0.824. The van der Waals surface area contributed by atoms with Crippen molar-refractivity contribution in [2.45, 2.75) is 65.4 Å². The number of rotatable bonds is 8. The standard InChI is InChI=1S/C17H28O6/c1-4-21-16(19)11-14(17(20)22-5-2)10-13-8-6-7-9-15(13)23-12(3)18/h13-15H,4-11H2,1-3H3. The van der Waals surface area contributed by atoms with Gasteiger partial charge in [-0.2, -0.15) is 0 Å². The van der Waals surface area contributed by atoms with Crippen LogP contribution in [0.3, 0.4) is 0 Å². The highest BCUT2D eigenvalue weighted by atomic mass is 16.5. The van der Waals surface area contributed by atoms with Crippen molar-refractivity contribution < 1.29 is 28.6 Å². The van der Waals surface area contributed by atoms with Crippen molar-refractivity contribution in [3.8, 4) is 0 Å². The van der Waals surface area contributed by atoms with E-state index in [1.165, 1.54) is 6.92 Å². The zero-order chi connectivity index (χ0) is 17.2. The number of esters is 3. The molecule has 1 rings (SSSR count). The molecule has 6 nitrogen and oxygen atoms in total. The van der Waals surface area contributed by atoms with Gasteiger partial charge in [-0.3, -0.25) is 14.4 Å². The van der Waals surface area contributed by atoms with Gasteiger partial charge in [-0.05, 0) is 45.4 Å². The summed E-state index contributed by atoms with van der Waals surface area (Å²) in [5.74, 6) is -1.55. The van der Waals surface area contributed by atoms with Gasteiger partial charge in [-0.1, -0.05) is 6.42 Å². The van der Waals surface area contributed by atoms with E-state index in [2.05, 4.69) is 0 Å². The molecule has 0 saturated heterocycles. The molecular weight excluding hydrogens is 300 g/mol. The molecule has 0 bridgehead atoms. The van der Waals surface area contributed by atoms with Crippen LogP contribution in [0, 0.1) is 11.8 Å². The summed E-state index contributed by atoms with van der Waals surface area (Å²) < 4.78 is 15.4. The fourth-order valence-corrected chi connectivity index (χ4v) is 3.12. The lowest BCUT2D eigenvalue weighted by Crippen LogP contribution is -2.33. The second-order valence-electron chi connectivity index (χ2n) is 5.89. The zero-order valence-electron chi connectivity index (χ0n) is 14.3. The van der Waals surface area contributed by atoms with Crippen molar-refractivity contribution in [3.63, 3.8) is 0 Å². The minimum absolute atomic E-state index is 0.00989. The molecule has 0 aromatic rings. The SMILES string of the molecule is CCOC(=O)CC(CC1CCCCC1OC(C)=O)C(=O)OCC. The van der Waals surface area contributed by atoms with Crippen LogP contribution in [0.1, 0.15) is 59.3 Å². The summed E-state index contributed by atoms with van der Waals surface area (Å²) in [4.78, 5) is 35.2. The second-order valence-corrected chi connectivity index (χ2v) is 5.89. The lowest BCUT2D eigenvalue weighted by atomic mass is 9.79. The van der Waals surface area contributed by atoms with Crippen molar-refractivity contribution in [1.29, 1.82) is 0 Å². The summed E-state index contributed by atoms with van der Waals surface area (Å²) in [6, 6.07) is 0. The van der Waals surface area contributed by atoms with Crippen LogP contribution in [0.2, 0.25) is 0 Å². The van der Waals surface area contributed by atoms with Crippen LogP contribution < -0.4 is 0 Å². The molecule has 0 amide bonds. The highest BCUT2D eigenvalue weighted by molar-refractivity contribution is 5.80. The number of ether oxygens (including phenoxy) is 3. The van der Waals surface area contributed by atoms with Crippen molar-refractivity contribution in [2.24, 2.45) is 11.8 Å². The van der Waals surface area contributed by atoms with Crippen LogP contribution >= 0.6 is 0 Å². The van der Waals surface area contributed by atoms with Gasteiger partial charge in [-0.15, -0.1) is 0 Å². The third-order valence-electron chi connectivity index (χ3n) is 4.08. The normalized spacial score (nSPS) is 22.0. The maximum Gasteiger partial charge on any atom is 0.309 e. The molecule has 0 aliphatic heterocycles. The molecule has 1 saturated carbocycles. The predicted octanol–water partition coefficient (Wildman–Crippen LogP) is 2.63. The van der Waals surface area contributed by atoms with Crippen LogP contribution in [-0.2, 0) is 28.6 Å².